The van der Waals surface area contributed by atoms with Gasteiger partial charge in [0, 0.05) is 19.4 Å². The van der Waals surface area contributed by atoms with Crippen LogP contribution >= 0.6 is 0 Å². The standard InChI is InChI=1S/C15H29N3O3/c1-5-14(20)13(17-4)10-15(21)18-9-7-6-8-12(16-3)11(2)19/h12-13,16-17H,5-10H2,1-4H3,(H,18,21)/t12-,13-/m0/s1. The zero-order chi connectivity index (χ0) is 16.3. The fourth-order valence-electron chi connectivity index (χ4n) is 2.13. The third-order valence-corrected chi connectivity index (χ3v) is 3.56. The van der Waals surface area contributed by atoms with Crippen LogP contribution in [0.3, 0.4) is 0 Å². The average Bonchev–Trinajstić information content (AvgIpc) is 2.47. The predicted octanol–water partition coefficient (Wildman–Crippen LogP) is 0.407. The van der Waals surface area contributed by atoms with Crippen molar-refractivity contribution in [2.75, 3.05) is 20.6 Å². The smallest absolute Gasteiger partial charge is 0.222 e. The Kier molecular flexibility index (Phi) is 10.7. The molecule has 0 radical (unpaired) electrons. The molecule has 0 saturated carbocycles. The van der Waals surface area contributed by atoms with Crippen molar-refractivity contribution < 1.29 is 14.4 Å². The minimum absolute atomic E-state index is 0.0472. The molecule has 0 bridgehead atoms. The Morgan fingerprint density at radius 1 is 1.00 bits per heavy atom. The maximum atomic E-state index is 11.7. The lowest BCUT2D eigenvalue weighted by Crippen LogP contribution is -2.39. The molecule has 21 heavy (non-hydrogen) atoms. The molecule has 0 rings (SSSR count). The van der Waals surface area contributed by atoms with Crippen LogP contribution in [0.1, 0.15) is 46.0 Å². The molecule has 3 N–H and O–H groups in total. The van der Waals surface area contributed by atoms with Crippen LogP contribution in [-0.4, -0.2) is 50.2 Å². The van der Waals surface area contributed by atoms with Gasteiger partial charge in [0.1, 0.15) is 11.6 Å². The molecule has 0 aliphatic carbocycles. The van der Waals surface area contributed by atoms with E-state index in [2.05, 4.69) is 16.0 Å². The highest BCUT2D eigenvalue weighted by Gasteiger charge is 2.18. The highest BCUT2D eigenvalue weighted by atomic mass is 16.2. The molecule has 0 fully saturated rings. The van der Waals surface area contributed by atoms with Gasteiger partial charge in [0.25, 0.3) is 0 Å². The van der Waals surface area contributed by atoms with Gasteiger partial charge in [-0.1, -0.05) is 6.92 Å². The van der Waals surface area contributed by atoms with E-state index in [1.54, 1.807) is 27.9 Å². The Hall–Kier alpha value is -1.27. The van der Waals surface area contributed by atoms with E-state index >= 15 is 0 Å². The van der Waals surface area contributed by atoms with Crippen LogP contribution in [0, 0.1) is 0 Å². The summed E-state index contributed by atoms with van der Waals surface area (Å²) in [5, 5.41) is 8.65. The van der Waals surface area contributed by atoms with Crippen LogP contribution in [0.15, 0.2) is 0 Å². The first kappa shape index (κ1) is 19.7. The van der Waals surface area contributed by atoms with E-state index in [4.69, 9.17) is 0 Å². The summed E-state index contributed by atoms with van der Waals surface area (Å²) < 4.78 is 0. The fourth-order valence-corrected chi connectivity index (χ4v) is 2.13. The second-order valence-corrected chi connectivity index (χ2v) is 5.16. The van der Waals surface area contributed by atoms with Crippen LogP contribution < -0.4 is 16.0 Å². The predicted molar refractivity (Wildman–Crippen MR) is 83.2 cm³/mol. The van der Waals surface area contributed by atoms with Crippen molar-refractivity contribution in [2.24, 2.45) is 0 Å². The molecule has 2 atom stereocenters. The molecule has 0 aromatic rings. The summed E-state index contributed by atoms with van der Waals surface area (Å²) in [5.74, 6) is 0.0651. The molecule has 0 aliphatic rings. The molecular weight excluding hydrogens is 270 g/mol. The largest absolute Gasteiger partial charge is 0.356 e. The van der Waals surface area contributed by atoms with Crippen molar-refractivity contribution in [3.05, 3.63) is 0 Å². The van der Waals surface area contributed by atoms with E-state index in [1.165, 1.54) is 0 Å². The summed E-state index contributed by atoms with van der Waals surface area (Å²) in [6, 6.07) is -0.502. The summed E-state index contributed by atoms with van der Waals surface area (Å²) in [4.78, 5) is 34.5. The lowest BCUT2D eigenvalue weighted by molar-refractivity contribution is -0.127. The zero-order valence-corrected chi connectivity index (χ0v) is 13.6. The molecule has 122 valence electrons. The van der Waals surface area contributed by atoms with Gasteiger partial charge in [-0.2, -0.15) is 0 Å². The van der Waals surface area contributed by atoms with Crippen molar-refractivity contribution >= 4 is 17.5 Å². The Balaban J connectivity index is 3.84. The first-order valence-electron chi connectivity index (χ1n) is 7.60. The minimum Gasteiger partial charge on any atom is -0.356 e. The zero-order valence-electron chi connectivity index (χ0n) is 13.6. The Morgan fingerprint density at radius 2 is 1.62 bits per heavy atom. The first-order chi connectivity index (χ1) is 9.96. The minimum atomic E-state index is -0.401. The number of rotatable bonds is 12. The third kappa shape index (κ3) is 8.57. The summed E-state index contributed by atoms with van der Waals surface area (Å²) in [6.45, 7) is 3.94. The Morgan fingerprint density at radius 3 is 2.10 bits per heavy atom. The molecule has 6 nitrogen and oxygen atoms in total. The van der Waals surface area contributed by atoms with Gasteiger partial charge >= 0.3 is 0 Å². The molecule has 0 aliphatic heterocycles. The maximum Gasteiger partial charge on any atom is 0.222 e. The van der Waals surface area contributed by atoms with Crippen LogP contribution in [0.5, 0.6) is 0 Å². The van der Waals surface area contributed by atoms with E-state index in [9.17, 15) is 14.4 Å². The number of hydrogen-bond acceptors (Lipinski definition) is 5. The molecule has 0 heterocycles. The molecule has 0 aromatic carbocycles. The first-order valence-corrected chi connectivity index (χ1v) is 7.60. The summed E-state index contributed by atoms with van der Waals surface area (Å²) in [5.41, 5.74) is 0. The third-order valence-electron chi connectivity index (χ3n) is 3.56. The quantitative estimate of drug-likeness (QED) is 0.454. The highest BCUT2D eigenvalue weighted by molar-refractivity contribution is 5.89. The van der Waals surface area contributed by atoms with Crippen molar-refractivity contribution in [3.8, 4) is 0 Å². The van der Waals surface area contributed by atoms with Crippen LogP contribution in [-0.2, 0) is 14.4 Å². The van der Waals surface area contributed by atoms with Crippen LogP contribution in [0.2, 0.25) is 0 Å². The Labute approximate surface area is 127 Å². The van der Waals surface area contributed by atoms with E-state index in [0.29, 0.717) is 13.0 Å². The van der Waals surface area contributed by atoms with Gasteiger partial charge in [-0.25, -0.2) is 0 Å². The second-order valence-electron chi connectivity index (χ2n) is 5.16. The summed E-state index contributed by atoms with van der Waals surface area (Å²) in [7, 11) is 3.46. The molecular formula is C15H29N3O3. The number of hydrogen-bond donors (Lipinski definition) is 3. The SMILES string of the molecule is CCC(=O)[C@H](CC(=O)NCCCC[C@H](NC)C(C)=O)NC. The topological polar surface area (TPSA) is 87.3 Å². The number of likely N-dealkylation sites (N-methyl/N-ethyl adjacent to an activating group) is 2. The van der Waals surface area contributed by atoms with E-state index in [-0.39, 0.29) is 29.9 Å². The van der Waals surface area contributed by atoms with E-state index in [0.717, 1.165) is 19.3 Å². The number of carbonyl (C=O) groups is 3. The fraction of sp³-hybridized carbons (Fsp3) is 0.800. The molecule has 0 unspecified atom stereocenters. The monoisotopic (exact) mass is 299 g/mol. The van der Waals surface area contributed by atoms with Crippen molar-refractivity contribution in [1.29, 1.82) is 0 Å². The van der Waals surface area contributed by atoms with Crippen LogP contribution in [0.25, 0.3) is 0 Å². The highest BCUT2D eigenvalue weighted by Crippen LogP contribution is 2.02. The molecule has 1 amide bonds. The van der Waals surface area contributed by atoms with Gasteiger partial charge in [-0.15, -0.1) is 0 Å². The van der Waals surface area contributed by atoms with Gasteiger partial charge in [-0.05, 0) is 40.3 Å². The van der Waals surface area contributed by atoms with Crippen molar-refractivity contribution in [3.63, 3.8) is 0 Å². The van der Waals surface area contributed by atoms with Crippen LogP contribution in [0.4, 0.5) is 0 Å². The number of nitrogens with one attached hydrogen (secondary N) is 3. The number of Topliss-reactive ketones (excluding diaryl/α,β-unsaturated/α-hetero) is 2. The number of unbranched alkanes of at least 4 members (excludes halogenated alkanes) is 1. The molecule has 6 heteroatoms. The average molecular weight is 299 g/mol. The number of amides is 1. The van der Waals surface area contributed by atoms with Gasteiger partial charge in [-0.3, -0.25) is 14.4 Å². The molecule has 0 saturated heterocycles. The molecule has 0 aromatic heterocycles. The molecule has 0 spiro atoms. The maximum absolute atomic E-state index is 11.7. The van der Waals surface area contributed by atoms with E-state index in [1.807, 2.05) is 0 Å². The Bertz CT molecular complexity index is 345. The van der Waals surface area contributed by atoms with Gasteiger partial charge in [0.2, 0.25) is 5.91 Å². The second kappa shape index (κ2) is 11.4. The summed E-state index contributed by atoms with van der Waals surface area (Å²) in [6.07, 6.45) is 3.07. The van der Waals surface area contributed by atoms with Gasteiger partial charge < -0.3 is 16.0 Å². The number of ketones is 2. The van der Waals surface area contributed by atoms with E-state index < -0.39 is 6.04 Å². The van der Waals surface area contributed by atoms with Gasteiger partial charge in [0.15, 0.2) is 0 Å². The summed E-state index contributed by atoms with van der Waals surface area (Å²) >= 11 is 0. The van der Waals surface area contributed by atoms with Gasteiger partial charge in [0.05, 0.1) is 12.1 Å². The van der Waals surface area contributed by atoms with Crippen molar-refractivity contribution in [1.82, 2.24) is 16.0 Å². The lowest BCUT2D eigenvalue weighted by Gasteiger charge is -2.14. The number of carbonyl (C=O) groups excluding carboxylic acids is 3. The normalized spacial score (nSPS) is 13.5. The van der Waals surface area contributed by atoms with Crippen molar-refractivity contribution in [2.45, 2.75) is 58.0 Å². The lowest BCUT2D eigenvalue weighted by atomic mass is 10.1.